The second-order valence-electron chi connectivity index (χ2n) is 1.87. The van der Waals surface area contributed by atoms with Crippen LogP contribution in [-0.2, 0) is 14.4 Å². The van der Waals surface area contributed by atoms with E-state index in [0.29, 0.717) is 0 Å². The molecule has 0 aliphatic carbocycles. The Morgan fingerprint density at radius 3 is 2.56 bits per heavy atom. The Labute approximate surface area is 53.3 Å². The number of ether oxygens (including phenoxy) is 1. The smallest absolute Gasteiger partial charge is 0.310 e. The summed E-state index contributed by atoms with van der Waals surface area (Å²) in [7, 11) is 0. The van der Waals surface area contributed by atoms with Crippen LogP contribution in [0, 0.1) is 5.92 Å². The number of carbonyl (C=O) groups excluding carboxylic acids is 1. The van der Waals surface area contributed by atoms with Crippen LogP contribution in [0.15, 0.2) is 0 Å². The molecule has 4 heteroatoms. The standard InChI is InChI=1S/C5H10O4/c1-4(2)5(6)8-3-9-7/h4,7H,3H2,1-2H3. The van der Waals surface area contributed by atoms with Crippen LogP contribution in [0.2, 0.25) is 0 Å². The zero-order valence-corrected chi connectivity index (χ0v) is 5.46. The van der Waals surface area contributed by atoms with Gasteiger partial charge in [0.1, 0.15) is 0 Å². The third-order valence-corrected chi connectivity index (χ3v) is 0.725. The molecule has 0 heterocycles. The summed E-state index contributed by atoms with van der Waals surface area (Å²) in [6.45, 7) is 3.00. The van der Waals surface area contributed by atoms with Gasteiger partial charge in [-0.3, -0.25) is 4.79 Å². The van der Waals surface area contributed by atoms with Crippen molar-refractivity contribution in [2.45, 2.75) is 13.8 Å². The largest absolute Gasteiger partial charge is 0.435 e. The third-order valence-electron chi connectivity index (χ3n) is 0.725. The topological polar surface area (TPSA) is 55.8 Å². The molecule has 1 N–H and O–H groups in total. The Hall–Kier alpha value is -0.610. The lowest BCUT2D eigenvalue weighted by Crippen LogP contribution is -2.12. The molecule has 0 aromatic heterocycles. The Morgan fingerprint density at radius 1 is 1.67 bits per heavy atom. The van der Waals surface area contributed by atoms with Crippen molar-refractivity contribution in [3.63, 3.8) is 0 Å². The van der Waals surface area contributed by atoms with Gasteiger partial charge in [0.25, 0.3) is 0 Å². The van der Waals surface area contributed by atoms with Gasteiger partial charge in [0.2, 0.25) is 6.79 Å². The van der Waals surface area contributed by atoms with Gasteiger partial charge in [-0.2, -0.15) is 4.89 Å². The second-order valence-corrected chi connectivity index (χ2v) is 1.87. The van der Waals surface area contributed by atoms with E-state index >= 15 is 0 Å². The minimum Gasteiger partial charge on any atom is -0.435 e. The van der Waals surface area contributed by atoms with Crippen LogP contribution in [0.3, 0.4) is 0 Å². The first-order valence-electron chi connectivity index (χ1n) is 2.61. The van der Waals surface area contributed by atoms with E-state index in [2.05, 4.69) is 9.62 Å². The second kappa shape index (κ2) is 4.29. The van der Waals surface area contributed by atoms with Crippen molar-refractivity contribution >= 4 is 5.97 Å². The summed E-state index contributed by atoms with van der Waals surface area (Å²) in [5.41, 5.74) is 0. The molecule has 0 fully saturated rings. The van der Waals surface area contributed by atoms with Gasteiger partial charge in [-0.1, -0.05) is 13.8 Å². The first-order valence-corrected chi connectivity index (χ1v) is 2.61. The lowest BCUT2D eigenvalue weighted by Gasteiger charge is -2.02. The molecule has 0 bridgehead atoms. The molecular weight excluding hydrogens is 124 g/mol. The summed E-state index contributed by atoms with van der Waals surface area (Å²) in [6.07, 6.45) is 0. The predicted octanol–water partition coefficient (Wildman–Crippen LogP) is 0.633. The van der Waals surface area contributed by atoms with Crippen molar-refractivity contribution < 1.29 is 19.7 Å². The minimum absolute atomic E-state index is 0.180. The molecule has 0 radical (unpaired) electrons. The first-order chi connectivity index (χ1) is 4.18. The number of rotatable bonds is 3. The van der Waals surface area contributed by atoms with Gasteiger partial charge in [-0.25, -0.2) is 5.26 Å². The van der Waals surface area contributed by atoms with E-state index in [9.17, 15) is 4.79 Å². The van der Waals surface area contributed by atoms with Crippen molar-refractivity contribution in [2.24, 2.45) is 5.92 Å². The summed E-state index contributed by atoms with van der Waals surface area (Å²) in [5, 5.41) is 7.72. The van der Waals surface area contributed by atoms with Crippen molar-refractivity contribution in [2.75, 3.05) is 6.79 Å². The molecule has 0 amide bonds. The Kier molecular flexibility index (Phi) is 4.00. The van der Waals surface area contributed by atoms with Crippen LogP contribution in [0.1, 0.15) is 13.8 Å². The Morgan fingerprint density at radius 2 is 2.22 bits per heavy atom. The van der Waals surface area contributed by atoms with Gasteiger partial charge < -0.3 is 4.74 Å². The quantitative estimate of drug-likeness (QED) is 0.266. The minimum atomic E-state index is -0.392. The van der Waals surface area contributed by atoms with Crippen LogP contribution in [0.4, 0.5) is 0 Å². The SMILES string of the molecule is CC(C)C(=O)OCOO. The van der Waals surface area contributed by atoms with Crippen LogP contribution in [0.5, 0.6) is 0 Å². The van der Waals surface area contributed by atoms with Crippen LogP contribution in [-0.4, -0.2) is 18.0 Å². The molecule has 54 valence electrons. The van der Waals surface area contributed by atoms with Crippen molar-refractivity contribution in [3.05, 3.63) is 0 Å². The fourth-order valence-electron chi connectivity index (χ4n) is 0.251. The fourth-order valence-corrected chi connectivity index (χ4v) is 0.251. The highest BCUT2D eigenvalue weighted by Crippen LogP contribution is 1.94. The summed E-state index contributed by atoms with van der Waals surface area (Å²) in [4.78, 5) is 14.0. The molecule has 0 aliphatic rings. The normalized spacial score (nSPS) is 9.78. The maximum atomic E-state index is 10.5. The van der Waals surface area contributed by atoms with E-state index in [1.807, 2.05) is 0 Å². The van der Waals surface area contributed by atoms with Crippen molar-refractivity contribution in [1.82, 2.24) is 0 Å². The summed E-state index contributed by atoms with van der Waals surface area (Å²) < 4.78 is 4.34. The lowest BCUT2D eigenvalue weighted by atomic mass is 10.2. The van der Waals surface area contributed by atoms with Crippen molar-refractivity contribution in [3.8, 4) is 0 Å². The molecule has 0 saturated heterocycles. The molecule has 0 unspecified atom stereocenters. The maximum absolute atomic E-state index is 10.5. The van der Waals surface area contributed by atoms with E-state index in [1.165, 1.54) is 0 Å². The van der Waals surface area contributed by atoms with E-state index < -0.39 is 6.79 Å². The Bertz CT molecular complexity index is 89.0. The van der Waals surface area contributed by atoms with Gasteiger partial charge in [0.05, 0.1) is 5.92 Å². The predicted molar refractivity (Wildman–Crippen MR) is 29.5 cm³/mol. The van der Waals surface area contributed by atoms with E-state index in [-0.39, 0.29) is 11.9 Å². The van der Waals surface area contributed by atoms with Crippen LogP contribution >= 0.6 is 0 Å². The van der Waals surface area contributed by atoms with Gasteiger partial charge in [0, 0.05) is 0 Å². The van der Waals surface area contributed by atoms with E-state index in [0.717, 1.165) is 0 Å². The molecule has 0 saturated carbocycles. The highest BCUT2D eigenvalue weighted by atomic mass is 17.1. The lowest BCUT2D eigenvalue weighted by molar-refractivity contribution is -0.290. The zero-order valence-electron chi connectivity index (χ0n) is 5.46. The molecule has 0 atom stereocenters. The van der Waals surface area contributed by atoms with Crippen molar-refractivity contribution in [1.29, 1.82) is 0 Å². The molecule has 0 spiro atoms. The zero-order chi connectivity index (χ0) is 7.28. The molecule has 0 rings (SSSR count). The average molecular weight is 134 g/mol. The highest BCUT2D eigenvalue weighted by Gasteiger charge is 2.06. The molecule has 4 nitrogen and oxygen atoms in total. The van der Waals surface area contributed by atoms with Gasteiger partial charge in [-0.05, 0) is 0 Å². The summed E-state index contributed by atoms with van der Waals surface area (Å²) >= 11 is 0. The Balaban J connectivity index is 3.28. The van der Waals surface area contributed by atoms with E-state index in [1.54, 1.807) is 13.8 Å². The first kappa shape index (κ1) is 8.39. The number of hydrogen-bond acceptors (Lipinski definition) is 4. The van der Waals surface area contributed by atoms with Gasteiger partial charge in [0.15, 0.2) is 0 Å². The third kappa shape index (κ3) is 3.93. The number of hydrogen-bond donors (Lipinski definition) is 1. The maximum Gasteiger partial charge on any atom is 0.310 e. The molecule has 0 aliphatic heterocycles. The molecular formula is C5H10O4. The van der Waals surface area contributed by atoms with Crippen LogP contribution < -0.4 is 0 Å². The number of esters is 1. The van der Waals surface area contributed by atoms with E-state index in [4.69, 9.17) is 5.26 Å². The van der Waals surface area contributed by atoms with Gasteiger partial charge in [-0.15, -0.1) is 0 Å². The summed E-state index contributed by atoms with van der Waals surface area (Å²) in [6, 6.07) is 0. The molecule has 9 heavy (non-hydrogen) atoms. The highest BCUT2D eigenvalue weighted by molar-refractivity contribution is 5.71. The van der Waals surface area contributed by atoms with Crippen LogP contribution in [0.25, 0.3) is 0 Å². The summed E-state index contributed by atoms with van der Waals surface area (Å²) in [5.74, 6) is -0.566. The molecule has 0 aromatic carbocycles. The number of carbonyl (C=O) groups is 1. The fraction of sp³-hybridized carbons (Fsp3) is 0.800. The van der Waals surface area contributed by atoms with Gasteiger partial charge >= 0.3 is 5.97 Å². The molecule has 0 aromatic rings. The monoisotopic (exact) mass is 134 g/mol. The average Bonchev–Trinajstić information content (AvgIpc) is 1.82.